The van der Waals surface area contributed by atoms with E-state index in [9.17, 15) is 13.9 Å². The van der Waals surface area contributed by atoms with Crippen molar-refractivity contribution in [3.63, 3.8) is 0 Å². The van der Waals surface area contributed by atoms with Gasteiger partial charge >= 0.3 is 0 Å². The number of benzene rings is 1. The van der Waals surface area contributed by atoms with E-state index in [-0.39, 0.29) is 10.0 Å². The molecule has 1 N–H and O–H groups in total. The van der Waals surface area contributed by atoms with Gasteiger partial charge in [-0.05, 0) is 65.6 Å². The summed E-state index contributed by atoms with van der Waals surface area (Å²) in [6.07, 6.45) is 2.44. The molecule has 106 valence electrons. The molecule has 0 radical (unpaired) electrons. The molecule has 0 aromatic heterocycles. The van der Waals surface area contributed by atoms with Gasteiger partial charge in [0.2, 0.25) is 0 Å². The van der Waals surface area contributed by atoms with Gasteiger partial charge in [-0.3, -0.25) is 0 Å². The van der Waals surface area contributed by atoms with Crippen LogP contribution in [0.25, 0.3) is 0 Å². The van der Waals surface area contributed by atoms with Crippen LogP contribution in [0.4, 0.5) is 8.78 Å². The lowest BCUT2D eigenvalue weighted by atomic mass is 9.72. The number of hydrogen-bond donors (Lipinski definition) is 1. The standard InChI is InChI=1S/C15H19BrF2O/c1-9(2)10-5-7-15(19,8-6-10)13-12(17)4-3-11(16)14(13)18/h3-4,9-10,19H,5-8H2,1-2H3. The average Bonchev–Trinajstić information content (AvgIpc) is 2.34. The minimum absolute atomic E-state index is 0.177. The van der Waals surface area contributed by atoms with Crippen molar-refractivity contribution in [2.45, 2.75) is 45.1 Å². The number of halogens is 3. The van der Waals surface area contributed by atoms with Crippen LogP contribution in [0, 0.1) is 23.5 Å². The van der Waals surface area contributed by atoms with E-state index in [1.54, 1.807) is 0 Å². The molecule has 0 atom stereocenters. The molecule has 1 aliphatic rings. The van der Waals surface area contributed by atoms with Crippen LogP contribution >= 0.6 is 15.9 Å². The van der Waals surface area contributed by atoms with Crippen LogP contribution in [-0.2, 0) is 5.60 Å². The smallest absolute Gasteiger partial charge is 0.146 e. The lowest BCUT2D eigenvalue weighted by Gasteiger charge is -2.38. The minimum atomic E-state index is -1.37. The van der Waals surface area contributed by atoms with Crippen LogP contribution < -0.4 is 0 Å². The molecule has 0 amide bonds. The largest absolute Gasteiger partial charge is 0.385 e. The second kappa shape index (κ2) is 5.49. The van der Waals surface area contributed by atoms with Gasteiger partial charge in [-0.2, -0.15) is 0 Å². The zero-order valence-corrected chi connectivity index (χ0v) is 12.8. The molecule has 1 aliphatic carbocycles. The van der Waals surface area contributed by atoms with Crippen molar-refractivity contribution < 1.29 is 13.9 Å². The first-order valence-corrected chi connectivity index (χ1v) is 7.51. The van der Waals surface area contributed by atoms with Crippen LogP contribution in [0.5, 0.6) is 0 Å². The minimum Gasteiger partial charge on any atom is -0.385 e. The van der Waals surface area contributed by atoms with E-state index in [1.807, 2.05) is 0 Å². The second-order valence-corrected chi connectivity index (χ2v) is 6.69. The maximum absolute atomic E-state index is 14.1. The van der Waals surface area contributed by atoms with Crippen molar-refractivity contribution in [1.29, 1.82) is 0 Å². The Morgan fingerprint density at radius 2 is 1.84 bits per heavy atom. The average molecular weight is 333 g/mol. The van der Waals surface area contributed by atoms with Crippen LogP contribution in [-0.4, -0.2) is 5.11 Å². The van der Waals surface area contributed by atoms with Gasteiger partial charge in [0.05, 0.1) is 15.6 Å². The molecular formula is C15H19BrF2O. The highest BCUT2D eigenvalue weighted by Crippen LogP contribution is 2.44. The third-order valence-corrected chi connectivity index (χ3v) is 4.92. The van der Waals surface area contributed by atoms with Crippen molar-refractivity contribution in [3.05, 3.63) is 33.8 Å². The highest BCUT2D eigenvalue weighted by molar-refractivity contribution is 9.10. The summed E-state index contributed by atoms with van der Waals surface area (Å²) in [6, 6.07) is 2.53. The summed E-state index contributed by atoms with van der Waals surface area (Å²) in [4.78, 5) is 0. The topological polar surface area (TPSA) is 20.2 Å². The maximum atomic E-state index is 14.1. The summed E-state index contributed by atoms with van der Waals surface area (Å²) in [7, 11) is 0. The molecule has 0 saturated heterocycles. The molecule has 1 fully saturated rings. The predicted molar refractivity (Wildman–Crippen MR) is 74.8 cm³/mol. The number of aliphatic hydroxyl groups is 1. The Balaban J connectivity index is 2.30. The van der Waals surface area contributed by atoms with Crippen LogP contribution in [0.1, 0.15) is 45.1 Å². The van der Waals surface area contributed by atoms with E-state index in [4.69, 9.17) is 0 Å². The first kappa shape index (κ1) is 14.9. The molecule has 0 heterocycles. The van der Waals surface area contributed by atoms with Crippen molar-refractivity contribution in [1.82, 2.24) is 0 Å². The van der Waals surface area contributed by atoms with Gasteiger partial charge in [-0.25, -0.2) is 8.78 Å². The molecule has 0 bridgehead atoms. The zero-order valence-electron chi connectivity index (χ0n) is 11.2. The van der Waals surface area contributed by atoms with Crippen LogP contribution in [0.15, 0.2) is 16.6 Å². The van der Waals surface area contributed by atoms with E-state index in [0.29, 0.717) is 24.7 Å². The molecule has 2 rings (SSSR count). The summed E-state index contributed by atoms with van der Waals surface area (Å²) in [5.74, 6) is -0.267. The van der Waals surface area contributed by atoms with Crippen molar-refractivity contribution in [2.75, 3.05) is 0 Å². The third kappa shape index (κ3) is 2.84. The second-order valence-electron chi connectivity index (χ2n) is 5.83. The number of hydrogen-bond acceptors (Lipinski definition) is 1. The van der Waals surface area contributed by atoms with Gasteiger partial charge in [0.15, 0.2) is 0 Å². The Morgan fingerprint density at radius 1 is 1.26 bits per heavy atom. The van der Waals surface area contributed by atoms with Crippen molar-refractivity contribution in [3.8, 4) is 0 Å². The van der Waals surface area contributed by atoms with Crippen LogP contribution in [0.3, 0.4) is 0 Å². The fourth-order valence-electron chi connectivity index (χ4n) is 2.99. The first-order chi connectivity index (χ1) is 8.85. The van der Waals surface area contributed by atoms with Gasteiger partial charge in [0.1, 0.15) is 11.6 Å². The van der Waals surface area contributed by atoms with Gasteiger partial charge in [-0.15, -0.1) is 0 Å². The van der Waals surface area contributed by atoms with Gasteiger partial charge in [-0.1, -0.05) is 13.8 Å². The molecule has 1 saturated carbocycles. The summed E-state index contributed by atoms with van der Waals surface area (Å²) in [5.41, 5.74) is -1.55. The Morgan fingerprint density at radius 3 is 2.37 bits per heavy atom. The molecule has 1 aromatic rings. The van der Waals surface area contributed by atoms with Crippen molar-refractivity contribution in [2.24, 2.45) is 11.8 Å². The summed E-state index contributed by atoms with van der Waals surface area (Å²) in [6.45, 7) is 4.30. The normalized spacial score (nSPS) is 27.8. The van der Waals surface area contributed by atoms with E-state index in [0.717, 1.165) is 12.8 Å². The van der Waals surface area contributed by atoms with Crippen LogP contribution in [0.2, 0.25) is 0 Å². The summed E-state index contributed by atoms with van der Waals surface area (Å²) < 4.78 is 28.2. The monoisotopic (exact) mass is 332 g/mol. The summed E-state index contributed by atoms with van der Waals surface area (Å²) in [5, 5.41) is 10.6. The molecule has 0 aliphatic heterocycles. The fraction of sp³-hybridized carbons (Fsp3) is 0.600. The summed E-state index contributed by atoms with van der Waals surface area (Å²) >= 11 is 3.05. The SMILES string of the molecule is CC(C)C1CCC(O)(c2c(F)ccc(Br)c2F)CC1. The van der Waals surface area contributed by atoms with Gasteiger partial charge < -0.3 is 5.11 Å². The van der Waals surface area contributed by atoms with E-state index < -0.39 is 17.2 Å². The van der Waals surface area contributed by atoms with E-state index in [2.05, 4.69) is 29.8 Å². The Bertz CT molecular complexity index is 465. The highest BCUT2D eigenvalue weighted by Gasteiger charge is 2.39. The zero-order chi connectivity index (χ0) is 14.2. The lowest BCUT2D eigenvalue weighted by Crippen LogP contribution is -2.34. The number of rotatable bonds is 2. The quantitative estimate of drug-likeness (QED) is 0.774. The highest BCUT2D eigenvalue weighted by atomic mass is 79.9. The van der Waals surface area contributed by atoms with E-state index in [1.165, 1.54) is 12.1 Å². The molecule has 1 nitrogen and oxygen atoms in total. The third-order valence-electron chi connectivity index (χ3n) is 4.31. The van der Waals surface area contributed by atoms with Gasteiger partial charge in [0, 0.05) is 0 Å². The fourth-order valence-corrected chi connectivity index (χ4v) is 3.32. The van der Waals surface area contributed by atoms with Gasteiger partial charge in [0.25, 0.3) is 0 Å². The Kier molecular flexibility index (Phi) is 4.31. The molecule has 4 heteroatoms. The predicted octanol–water partition coefficient (Wildman–Crippen LogP) is 4.76. The van der Waals surface area contributed by atoms with E-state index >= 15 is 0 Å². The molecule has 19 heavy (non-hydrogen) atoms. The Labute approximate surface area is 121 Å². The lowest BCUT2D eigenvalue weighted by molar-refractivity contribution is -0.0256. The first-order valence-electron chi connectivity index (χ1n) is 6.71. The Hall–Kier alpha value is -0.480. The van der Waals surface area contributed by atoms with Crippen molar-refractivity contribution >= 4 is 15.9 Å². The maximum Gasteiger partial charge on any atom is 0.146 e. The molecular weight excluding hydrogens is 314 g/mol. The molecule has 0 spiro atoms. The molecule has 0 unspecified atom stereocenters. The molecule has 1 aromatic carbocycles.